The first-order valence-corrected chi connectivity index (χ1v) is 10.1. The third kappa shape index (κ3) is 5.59. The highest BCUT2D eigenvalue weighted by Gasteiger charge is 2.16. The minimum absolute atomic E-state index is 0.0645. The standard InChI is InChI=1S/C23H28N2O3/c1-2-28-21-15-13-20(14-16-21)25-23(27)18-11-9-17(10-12-18)22(26)24-19-7-5-3-4-6-8-19/h9-16,19H,2-8H2,1H3,(H,24,26)(H,25,27). The van der Waals surface area contributed by atoms with Gasteiger partial charge in [-0.3, -0.25) is 9.59 Å². The summed E-state index contributed by atoms with van der Waals surface area (Å²) in [7, 11) is 0. The van der Waals surface area contributed by atoms with Gasteiger partial charge in [0.15, 0.2) is 0 Å². The summed E-state index contributed by atoms with van der Waals surface area (Å²) in [5, 5.41) is 5.98. The average Bonchev–Trinajstić information content (AvgIpc) is 2.98. The van der Waals surface area contributed by atoms with Crippen LogP contribution in [0.1, 0.15) is 66.2 Å². The Morgan fingerprint density at radius 2 is 1.43 bits per heavy atom. The molecule has 1 fully saturated rings. The van der Waals surface area contributed by atoms with Crippen LogP contribution in [0, 0.1) is 0 Å². The summed E-state index contributed by atoms with van der Waals surface area (Å²) >= 11 is 0. The van der Waals surface area contributed by atoms with Crippen molar-refractivity contribution in [3.63, 3.8) is 0 Å². The summed E-state index contributed by atoms with van der Waals surface area (Å²) in [6, 6.07) is 14.3. The number of ether oxygens (including phenoxy) is 1. The van der Waals surface area contributed by atoms with Crippen LogP contribution in [0.25, 0.3) is 0 Å². The Kier molecular flexibility index (Phi) is 7.06. The Morgan fingerprint density at radius 1 is 0.857 bits per heavy atom. The van der Waals surface area contributed by atoms with Gasteiger partial charge in [0.1, 0.15) is 5.75 Å². The van der Waals surface area contributed by atoms with E-state index in [0.717, 1.165) is 18.6 Å². The van der Waals surface area contributed by atoms with Crippen LogP contribution in [0.3, 0.4) is 0 Å². The van der Waals surface area contributed by atoms with Crippen molar-refractivity contribution in [2.45, 2.75) is 51.5 Å². The topological polar surface area (TPSA) is 67.4 Å². The Balaban J connectivity index is 1.56. The van der Waals surface area contributed by atoms with Crippen molar-refractivity contribution < 1.29 is 14.3 Å². The third-order valence-electron chi connectivity index (χ3n) is 5.02. The molecule has 0 aliphatic heterocycles. The lowest BCUT2D eigenvalue weighted by Crippen LogP contribution is -2.34. The minimum Gasteiger partial charge on any atom is -0.494 e. The first kappa shape index (κ1) is 19.9. The summed E-state index contributed by atoms with van der Waals surface area (Å²) in [4.78, 5) is 24.9. The molecule has 28 heavy (non-hydrogen) atoms. The summed E-state index contributed by atoms with van der Waals surface area (Å²) in [5.41, 5.74) is 1.80. The Bertz CT molecular complexity index is 776. The normalized spacial score (nSPS) is 14.8. The number of carbonyl (C=O) groups is 2. The molecular formula is C23H28N2O3. The van der Waals surface area contributed by atoms with Crippen molar-refractivity contribution in [1.82, 2.24) is 5.32 Å². The van der Waals surface area contributed by atoms with E-state index in [2.05, 4.69) is 10.6 Å². The molecule has 2 aromatic rings. The number of benzene rings is 2. The molecule has 0 unspecified atom stereocenters. The van der Waals surface area contributed by atoms with E-state index in [1.54, 1.807) is 36.4 Å². The van der Waals surface area contributed by atoms with Crippen molar-refractivity contribution in [2.24, 2.45) is 0 Å². The Morgan fingerprint density at radius 3 is 2.00 bits per heavy atom. The van der Waals surface area contributed by atoms with Crippen LogP contribution < -0.4 is 15.4 Å². The van der Waals surface area contributed by atoms with Crippen LogP contribution in [0.2, 0.25) is 0 Å². The maximum Gasteiger partial charge on any atom is 0.255 e. The van der Waals surface area contributed by atoms with Crippen LogP contribution >= 0.6 is 0 Å². The van der Waals surface area contributed by atoms with Crippen LogP contribution in [0.4, 0.5) is 5.69 Å². The van der Waals surface area contributed by atoms with Crippen LogP contribution in [-0.2, 0) is 0 Å². The molecule has 0 aromatic heterocycles. The molecule has 0 saturated heterocycles. The van der Waals surface area contributed by atoms with Crippen molar-refractivity contribution in [3.8, 4) is 5.75 Å². The second kappa shape index (κ2) is 9.93. The summed E-state index contributed by atoms with van der Waals surface area (Å²) in [6.45, 7) is 2.53. The van der Waals surface area contributed by atoms with E-state index in [1.807, 2.05) is 19.1 Å². The molecule has 0 heterocycles. The van der Waals surface area contributed by atoms with E-state index < -0.39 is 0 Å². The number of hydrogen-bond acceptors (Lipinski definition) is 3. The fourth-order valence-corrected chi connectivity index (χ4v) is 3.47. The molecule has 148 valence electrons. The lowest BCUT2D eigenvalue weighted by molar-refractivity contribution is 0.0932. The number of anilines is 1. The fourth-order valence-electron chi connectivity index (χ4n) is 3.47. The van der Waals surface area contributed by atoms with Gasteiger partial charge in [0.05, 0.1) is 6.61 Å². The zero-order valence-corrected chi connectivity index (χ0v) is 16.4. The summed E-state index contributed by atoms with van der Waals surface area (Å²) in [6.07, 6.45) is 6.96. The number of nitrogens with one attached hydrogen (secondary N) is 2. The summed E-state index contributed by atoms with van der Waals surface area (Å²) < 4.78 is 5.40. The molecule has 3 rings (SSSR count). The van der Waals surface area contributed by atoms with Crippen molar-refractivity contribution in [3.05, 3.63) is 59.7 Å². The van der Waals surface area contributed by atoms with Gasteiger partial charge < -0.3 is 15.4 Å². The molecule has 2 aromatic carbocycles. The van der Waals surface area contributed by atoms with Crippen LogP contribution in [0.5, 0.6) is 5.75 Å². The molecule has 5 nitrogen and oxygen atoms in total. The van der Waals surface area contributed by atoms with E-state index in [-0.39, 0.29) is 17.9 Å². The monoisotopic (exact) mass is 380 g/mol. The van der Waals surface area contributed by atoms with Gasteiger partial charge in [0.25, 0.3) is 11.8 Å². The molecule has 0 spiro atoms. The predicted molar refractivity (Wildman–Crippen MR) is 111 cm³/mol. The number of rotatable bonds is 6. The van der Waals surface area contributed by atoms with E-state index in [0.29, 0.717) is 23.4 Å². The second-order valence-corrected chi connectivity index (χ2v) is 7.15. The molecule has 2 N–H and O–H groups in total. The number of hydrogen-bond donors (Lipinski definition) is 2. The smallest absolute Gasteiger partial charge is 0.255 e. The highest BCUT2D eigenvalue weighted by Crippen LogP contribution is 2.19. The lowest BCUT2D eigenvalue weighted by atomic mass is 10.1. The van der Waals surface area contributed by atoms with Gasteiger partial charge in [-0.15, -0.1) is 0 Å². The van der Waals surface area contributed by atoms with Gasteiger partial charge >= 0.3 is 0 Å². The highest BCUT2D eigenvalue weighted by atomic mass is 16.5. The Labute approximate surface area is 166 Å². The predicted octanol–water partition coefficient (Wildman–Crippen LogP) is 4.79. The maximum absolute atomic E-state index is 12.5. The summed E-state index contributed by atoms with van der Waals surface area (Å²) in [5.74, 6) is 0.495. The van der Waals surface area contributed by atoms with Gasteiger partial charge in [-0.2, -0.15) is 0 Å². The number of carbonyl (C=O) groups excluding carboxylic acids is 2. The lowest BCUT2D eigenvalue weighted by Gasteiger charge is -2.16. The first-order valence-electron chi connectivity index (χ1n) is 10.1. The molecule has 1 saturated carbocycles. The molecule has 5 heteroatoms. The second-order valence-electron chi connectivity index (χ2n) is 7.15. The molecule has 0 atom stereocenters. The van der Waals surface area contributed by atoms with Gasteiger partial charge in [-0.1, -0.05) is 25.7 Å². The molecule has 1 aliphatic carbocycles. The minimum atomic E-state index is -0.208. The van der Waals surface area contributed by atoms with Crippen molar-refractivity contribution >= 4 is 17.5 Å². The fraction of sp³-hybridized carbons (Fsp3) is 0.391. The van der Waals surface area contributed by atoms with Crippen LogP contribution in [-0.4, -0.2) is 24.5 Å². The van der Waals surface area contributed by atoms with E-state index >= 15 is 0 Å². The zero-order chi connectivity index (χ0) is 19.8. The van der Waals surface area contributed by atoms with Gasteiger partial charge in [-0.05, 0) is 68.3 Å². The average molecular weight is 380 g/mol. The van der Waals surface area contributed by atoms with Crippen LogP contribution in [0.15, 0.2) is 48.5 Å². The molecule has 2 amide bonds. The van der Waals surface area contributed by atoms with Gasteiger partial charge in [0.2, 0.25) is 0 Å². The molecule has 0 bridgehead atoms. The highest BCUT2D eigenvalue weighted by molar-refractivity contribution is 6.05. The van der Waals surface area contributed by atoms with Crippen molar-refractivity contribution in [2.75, 3.05) is 11.9 Å². The molecular weight excluding hydrogens is 352 g/mol. The van der Waals surface area contributed by atoms with Gasteiger partial charge in [0, 0.05) is 22.9 Å². The first-order chi connectivity index (χ1) is 13.7. The zero-order valence-electron chi connectivity index (χ0n) is 16.4. The van der Waals surface area contributed by atoms with E-state index in [9.17, 15) is 9.59 Å². The molecule has 1 aliphatic rings. The maximum atomic E-state index is 12.5. The number of amides is 2. The van der Waals surface area contributed by atoms with Gasteiger partial charge in [-0.25, -0.2) is 0 Å². The quantitative estimate of drug-likeness (QED) is 0.708. The largest absolute Gasteiger partial charge is 0.494 e. The van der Waals surface area contributed by atoms with E-state index in [1.165, 1.54) is 25.7 Å². The third-order valence-corrected chi connectivity index (χ3v) is 5.02. The molecule has 0 radical (unpaired) electrons. The van der Waals surface area contributed by atoms with Crippen molar-refractivity contribution in [1.29, 1.82) is 0 Å². The SMILES string of the molecule is CCOc1ccc(NC(=O)c2ccc(C(=O)NC3CCCCCC3)cc2)cc1. The Hall–Kier alpha value is -2.82. The van der Waals surface area contributed by atoms with E-state index in [4.69, 9.17) is 4.74 Å².